The summed E-state index contributed by atoms with van der Waals surface area (Å²) >= 11 is 5.54. The molecule has 0 spiro atoms. The van der Waals surface area contributed by atoms with Crippen molar-refractivity contribution in [1.29, 1.82) is 0 Å². The lowest BCUT2D eigenvalue weighted by Crippen LogP contribution is -2.11. The molecule has 0 unspecified atom stereocenters. The molecule has 1 aromatic carbocycles. The van der Waals surface area contributed by atoms with Gasteiger partial charge in [0.2, 0.25) is 0 Å². The van der Waals surface area contributed by atoms with Gasteiger partial charge < -0.3 is 4.74 Å². The Bertz CT molecular complexity index is 673. The topological polar surface area (TPSA) is 39.9 Å². The van der Waals surface area contributed by atoms with Gasteiger partial charge in [-0.3, -0.25) is 0 Å². The van der Waals surface area contributed by atoms with Gasteiger partial charge in [0.15, 0.2) is 5.82 Å². The first kappa shape index (κ1) is 15.3. The predicted molar refractivity (Wildman–Crippen MR) is 78.7 cm³/mol. The van der Waals surface area contributed by atoms with E-state index < -0.39 is 0 Å². The first-order valence-electron chi connectivity index (χ1n) is 6.47. The van der Waals surface area contributed by atoms with Crippen LogP contribution in [0, 0.1) is 17.7 Å². The molecule has 0 atom stereocenters. The van der Waals surface area contributed by atoms with Gasteiger partial charge in [0.25, 0.3) is 0 Å². The summed E-state index contributed by atoms with van der Waals surface area (Å²) in [6.07, 6.45) is 1.47. The zero-order valence-corrected chi connectivity index (χ0v) is 12.6. The van der Waals surface area contributed by atoms with Crippen molar-refractivity contribution in [3.8, 4) is 17.6 Å². The number of rotatable bonds is 4. The lowest BCUT2D eigenvalue weighted by molar-refractivity contribution is 0.280. The summed E-state index contributed by atoms with van der Waals surface area (Å²) < 4.78 is 20.7. The van der Waals surface area contributed by atoms with E-state index in [9.17, 15) is 4.39 Å². The van der Waals surface area contributed by atoms with E-state index >= 15 is 0 Å². The summed E-state index contributed by atoms with van der Waals surface area (Å²) in [5.74, 6) is 6.43. The maximum absolute atomic E-state index is 13.4. The van der Waals surface area contributed by atoms with Gasteiger partial charge in [0.1, 0.15) is 24.5 Å². The molecule has 4 nitrogen and oxygen atoms in total. The molecule has 21 heavy (non-hydrogen) atoms. The number of halogens is 2. The highest BCUT2D eigenvalue weighted by Gasteiger charge is 2.10. The van der Waals surface area contributed by atoms with Crippen LogP contribution in [-0.2, 0) is 6.61 Å². The Kier molecular flexibility index (Phi) is 5.18. The Morgan fingerprint density at radius 2 is 2.24 bits per heavy atom. The average Bonchev–Trinajstić information content (AvgIpc) is 2.92. The fraction of sp³-hybridized carbons (Fsp3) is 0.333. The minimum Gasteiger partial charge on any atom is -0.484 e. The SMILES string of the molecule is CC(C)n1ncnc1COc1cc(F)ccc1C#CCCl. The Morgan fingerprint density at radius 1 is 1.43 bits per heavy atom. The van der Waals surface area contributed by atoms with Crippen LogP contribution in [0.15, 0.2) is 24.5 Å². The molecular formula is C15H15ClFN3O. The molecule has 110 valence electrons. The number of aromatic nitrogens is 3. The van der Waals surface area contributed by atoms with Gasteiger partial charge in [-0.2, -0.15) is 5.10 Å². The summed E-state index contributed by atoms with van der Waals surface area (Å²) in [6.45, 7) is 4.19. The number of hydrogen-bond donors (Lipinski definition) is 0. The van der Waals surface area contributed by atoms with E-state index in [2.05, 4.69) is 21.9 Å². The second kappa shape index (κ2) is 7.09. The molecule has 0 fully saturated rings. The molecule has 6 heteroatoms. The Balaban J connectivity index is 2.19. The van der Waals surface area contributed by atoms with Crippen LogP contribution < -0.4 is 4.74 Å². The third-order valence-corrected chi connectivity index (χ3v) is 2.86. The van der Waals surface area contributed by atoms with Crippen molar-refractivity contribution >= 4 is 11.6 Å². The summed E-state index contributed by atoms with van der Waals surface area (Å²) in [5, 5.41) is 4.12. The van der Waals surface area contributed by atoms with Crippen molar-refractivity contribution < 1.29 is 9.13 Å². The van der Waals surface area contributed by atoms with Crippen LogP contribution in [0.1, 0.15) is 31.3 Å². The average molecular weight is 308 g/mol. The standard InChI is InChI=1S/C15H15ClFN3O/c1-11(2)20-15(18-10-19-20)9-21-14-8-13(17)6-5-12(14)4-3-7-16/h5-6,8,10-11H,7,9H2,1-2H3. The van der Waals surface area contributed by atoms with Gasteiger partial charge >= 0.3 is 0 Å². The highest BCUT2D eigenvalue weighted by atomic mass is 35.5. The van der Waals surface area contributed by atoms with Gasteiger partial charge in [-0.1, -0.05) is 11.8 Å². The molecule has 0 aliphatic carbocycles. The Morgan fingerprint density at radius 3 is 2.95 bits per heavy atom. The molecule has 1 aromatic heterocycles. The normalized spacial score (nSPS) is 10.3. The van der Waals surface area contributed by atoms with Gasteiger partial charge in [-0.25, -0.2) is 14.1 Å². The summed E-state index contributed by atoms with van der Waals surface area (Å²) in [7, 11) is 0. The quantitative estimate of drug-likeness (QED) is 0.643. The molecule has 0 amide bonds. The largest absolute Gasteiger partial charge is 0.484 e. The van der Waals surface area contributed by atoms with Gasteiger partial charge in [0, 0.05) is 12.1 Å². The van der Waals surface area contributed by atoms with E-state index in [0.717, 1.165) is 0 Å². The first-order valence-corrected chi connectivity index (χ1v) is 7.01. The van der Waals surface area contributed by atoms with Gasteiger partial charge in [-0.15, -0.1) is 11.6 Å². The van der Waals surface area contributed by atoms with E-state index in [1.807, 2.05) is 13.8 Å². The number of benzene rings is 1. The van der Waals surface area contributed by atoms with Crippen molar-refractivity contribution in [3.05, 3.63) is 41.7 Å². The number of alkyl halides is 1. The lowest BCUT2D eigenvalue weighted by atomic mass is 10.2. The maximum atomic E-state index is 13.4. The fourth-order valence-electron chi connectivity index (χ4n) is 1.80. The molecular weight excluding hydrogens is 293 g/mol. The molecule has 0 bridgehead atoms. The fourth-order valence-corrected chi connectivity index (χ4v) is 1.87. The van der Waals surface area contributed by atoms with E-state index in [1.165, 1.54) is 18.5 Å². The minimum atomic E-state index is -0.383. The number of hydrogen-bond acceptors (Lipinski definition) is 3. The number of nitrogens with zero attached hydrogens (tertiary/aromatic N) is 3. The molecule has 0 saturated carbocycles. The summed E-state index contributed by atoms with van der Waals surface area (Å²) in [6, 6.07) is 4.38. The molecule has 0 saturated heterocycles. The summed E-state index contributed by atoms with van der Waals surface area (Å²) in [4.78, 5) is 4.14. The van der Waals surface area contributed by atoms with Crippen LogP contribution >= 0.6 is 11.6 Å². The van der Waals surface area contributed by atoms with E-state index in [-0.39, 0.29) is 24.3 Å². The third kappa shape index (κ3) is 3.96. The second-order valence-corrected chi connectivity index (χ2v) is 4.85. The monoisotopic (exact) mass is 307 g/mol. The van der Waals surface area contributed by atoms with Crippen molar-refractivity contribution in [3.63, 3.8) is 0 Å². The van der Waals surface area contributed by atoms with E-state index in [4.69, 9.17) is 16.3 Å². The van der Waals surface area contributed by atoms with Crippen molar-refractivity contribution in [2.75, 3.05) is 5.88 Å². The predicted octanol–water partition coefficient (Wildman–Crippen LogP) is 3.17. The van der Waals surface area contributed by atoms with Gasteiger partial charge in [0.05, 0.1) is 11.4 Å². The molecule has 2 rings (SSSR count). The maximum Gasteiger partial charge on any atom is 0.165 e. The van der Waals surface area contributed by atoms with E-state index in [0.29, 0.717) is 17.1 Å². The van der Waals surface area contributed by atoms with Crippen molar-refractivity contribution in [2.24, 2.45) is 0 Å². The van der Waals surface area contributed by atoms with E-state index in [1.54, 1.807) is 10.7 Å². The highest BCUT2D eigenvalue weighted by molar-refractivity contribution is 6.19. The van der Waals surface area contributed by atoms with Crippen LogP contribution in [-0.4, -0.2) is 20.6 Å². The minimum absolute atomic E-state index is 0.175. The Labute approximate surface area is 127 Å². The van der Waals surface area contributed by atoms with Crippen LogP contribution in [0.25, 0.3) is 0 Å². The van der Waals surface area contributed by atoms with Crippen molar-refractivity contribution in [2.45, 2.75) is 26.5 Å². The number of ether oxygens (including phenoxy) is 1. The van der Waals surface area contributed by atoms with Gasteiger partial charge in [-0.05, 0) is 26.0 Å². The van der Waals surface area contributed by atoms with Crippen LogP contribution in [0.2, 0.25) is 0 Å². The molecule has 2 aromatic rings. The zero-order valence-electron chi connectivity index (χ0n) is 11.8. The highest BCUT2D eigenvalue weighted by Crippen LogP contribution is 2.20. The third-order valence-electron chi connectivity index (χ3n) is 2.73. The van der Waals surface area contributed by atoms with Crippen molar-refractivity contribution in [1.82, 2.24) is 14.8 Å². The smallest absolute Gasteiger partial charge is 0.165 e. The second-order valence-electron chi connectivity index (χ2n) is 4.58. The molecule has 0 radical (unpaired) electrons. The van der Waals surface area contributed by atoms with Crippen LogP contribution in [0.3, 0.4) is 0 Å². The molecule has 0 N–H and O–H groups in total. The molecule has 0 aliphatic heterocycles. The zero-order chi connectivity index (χ0) is 15.2. The molecule has 0 aliphatic rings. The first-order chi connectivity index (χ1) is 10.1. The Hall–Kier alpha value is -2.06. The molecule has 1 heterocycles. The lowest BCUT2D eigenvalue weighted by Gasteiger charge is -2.11. The van der Waals surface area contributed by atoms with Crippen LogP contribution in [0.5, 0.6) is 5.75 Å². The summed E-state index contributed by atoms with van der Waals surface area (Å²) in [5.41, 5.74) is 0.590. The van der Waals surface area contributed by atoms with Crippen LogP contribution in [0.4, 0.5) is 4.39 Å².